The van der Waals surface area contributed by atoms with Gasteiger partial charge in [0.1, 0.15) is 11.6 Å². The van der Waals surface area contributed by atoms with Crippen LogP contribution >= 0.6 is 15.9 Å². The summed E-state index contributed by atoms with van der Waals surface area (Å²) in [5.41, 5.74) is 1.25. The number of ether oxygens (including phenoxy) is 1. The van der Waals surface area contributed by atoms with Crippen molar-refractivity contribution in [3.63, 3.8) is 0 Å². The average molecular weight is 366 g/mol. The van der Waals surface area contributed by atoms with E-state index in [2.05, 4.69) is 21.2 Å². The Hall–Kier alpha value is -1.88. The summed E-state index contributed by atoms with van der Waals surface area (Å²) in [5, 5.41) is 2.56. The van der Waals surface area contributed by atoms with Gasteiger partial charge in [-0.05, 0) is 43.2 Å². The molecule has 0 spiro atoms. The molecule has 0 unspecified atom stereocenters. The maximum atomic E-state index is 13.6. The maximum Gasteiger partial charge on any atom is 0.224 e. The van der Waals surface area contributed by atoms with Crippen LogP contribution in [0.1, 0.15) is 18.4 Å². The topological polar surface area (TPSA) is 38.3 Å². The molecule has 2 rings (SSSR count). The van der Waals surface area contributed by atoms with Crippen LogP contribution in [0.4, 0.5) is 10.1 Å². The molecule has 0 radical (unpaired) electrons. The van der Waals surface area contributed by atoms with Crippen LogP contribution in [-0.4, -0.2) is 12.5 Å². The Bertz CT molecular complexity index is 661. The molecular formula is C17H17BrFNO2. The van der Waals surface area contributed by atoms with Crippen LogP contribution in [-0.2, 0) is 4.79 Å². The van der Waals surface area contributed by atoms with Crippen LogP contribution < -0.4 is 10.1 Å². The smallest absolute Gasteiger partial charge is 0.224 e. The highest BCUT2D eigenvalue weighted by molar-refractivity contribution is 9.10. The molecule has 2 aromatic rings. The molecule has 22 heavy (non-hydrogen) atoms. The van der Waals surface area contributed by atoms with Crippen molar-refractivity contribution in [1.29, 1.82) is 0 Å². The SMILES string of the molecule is Cc1ccccc1OCCCC(=O)Nc1ccc(Br)cc1F. The fraction of sp³-hybridized carbons (Fsp3) is 0.235. The maximum absolute atomic E-state index is 13.6. The van der Waals surface area contributed by atoms with Crippen LogP contribution in [0.5, 0.6) is 5.75 Å². The van der Waals surface area contributed by atoms with Crippen LogP contribution in [0, 0.1) is 12.7 Å². The summed E-state index contributed by atoms with van der Waals surface area (Å²) >= 11 is 3.17. The molecule has 0 aliphatic rings. The first-order valence-corrected chi connectivity index (χ1v) is 7.79. The van der Waals surface area contributed by atoms with Crippen LogP contribution in [0.3, 0.4) is 0 Å². The molecule has 0 bridgehead atoms. The highest BCUT2D eigenvalue weighted by Gasteiger charge is 2.07. The first kappa shape index (κ1) is 16.5. The monoisotopic (exact) mass is 365 g/mol. The van der Waals surface area contributed by atoms with Crippen molar-refractivity contribution < 1.29 is 13.9 Å². The molecule has 2 aromatic carbocycles. The Kier molecular flexibility index (Phi) is 5.95. The summed E-state index contributed by atoms with van der Waals surface area (Å²) in [4.78, 5) is 11.8. The molecule has 3 nitrogen and oxygen atoms in total. The van der Waals surface area contributed by atoms with Crippen LogP contribution in [0.2, 0.25) is 0 Å². The Morgan fingerprint density at radius 1 is 1.27 bits per heavy atom. The van der Waals surface area contributed by atoms with E-state index in [0.29, 0.717) is 17.5 Å². The molecule has 5 heteroatoms. The molecule has 1 N–H and O–H groups in total. The molecule has 0 saturated carbocycles. The van der Waals surface area contributed by atoms with E-state index in [1.807, 2.05) is 31.2 Å². The number of carbonyl (C=O) groups is 1. The lowest BCUT2D eigenvalue weighted by molar-refractivity contribution is -0.116. The van der Waals surface area contributed by atoms with Crippen molar-refractivity contribution in [2.24, 2.45) is 0 Å². The third-order valence-corrected chi connectivity index (χ3v) is 3.60. The van der Waals surface area contributed by atoms with E-state index in [0.717, 1.165) is 11.3 Å². The first-order chi connectivity index (χ1) is 10.6. The van der Waals surface area contributed by atoms with Gasteiger partial charge in [0.25, 0.3) is 0 Å². The summed E-state index contributed by atoms with van der Waals surface area (Å²) in [7, 11) is 0. The zero-order chi connectivity index (χ0) is 15.9. The van der Waals surface area contributed by atoms with Crippen molar-refractivity contribution in [1.82, 2.24) is 0 Å². The zero-order valence-corrected chi connectivity index (χ0v) is 13.8. The minimum Gasteiger partial charge on any atom is -0.493 e. The van der Waals surface area contributed by atoms with Gasteiger partial charge < -0.3 is 10.1 Å². The number of para-hydroxylation sites is 1. The van der Waals surface area contributed by atoms with Crippen molar-refractivity contribution in [2.45, 2.75) is 19.8 Å². The molecule has 0 atom stereocenters. The highest BCUT2D eigenvalue weighted by atomic mass is 79.9. The number of amides is 1. The Morgan fingerprint density at radius 3 is 2.77 bits per heavy atom. The van der Waals surface area contributed by atoms with Gasteiger partial charge in [0.15, 0.2) is 0 Å². The average Bonchev–Trinajstić information content (AvgIpc) is 2.48. The van der Waals surface area contributed by atoms with Gasteiger partial charge in [-0.25, -0.2) is 4.39 Å². The minimum absolute atomic E-state index is 0.188. The van der Waals surface area contributed by atoms with Gasteiger partial charge in [0.05, 0.1) is 12.3 Å². The number of hydrogen-bond acceptors (Lipinski definition) is 2. The summed E-state index contributed by atoms with van der Waals surface area (Å²) in [6.07, 6.45) is 0.847. The molecule has 1 amide bonds. The van der Waals surface area contributed by atoms with E-state index < -0.39 is 5.82 Å². The minimum atomic E-state index is -0.459. The summed E-state index contributed by atoms with van der Waals surface area (Å²) in [6, 6.07) is 12.2. The van der Waals surface area contributed by atoms with E-state index in [-0.39, 0.29) is 18.0 Å². The third kappa shape index (κ3) is 4.84. The normalized spacial score (nSPS) is 10.3. The van der Waals surface area contributed by atoms with E-state index in [9.17, 15) is 9.18 Å². The Morgan fingerprint density at radius 2 is 2.05 bits per heavy atom. The molecule has 116 valence electrons. The number of rotatable bonds is 6. The molecule has 0 saturated heterocycles. The van der Waals surface area contributed by atoms with E-state index in [4.69, 9.17) is 4.74 Å². The van der Waals surface area contributed by atoms with Crippen LogP contribution in [0.15, 0.2) is 46.9 Å². The predicted octanol–water partition coefficient (Wildman–Crippen LogP) is 4.69. The van der Waals surface area contributed by atoms with Gasteiger partial charge in [-0.2, -0.15) is 0 Å². The van der Waals surface area contributed by atoms with E-state index in [1.165, 1.54) is 12.1 Å². The van der Waals surface area contributed by atoms with Gasteiger partial charge in [-0.15, -0.1) is 0 Å². The largest absolute Gasteiger partial charge is 0.493 e. The van der Waals surface area contributed by atoms with Crippen molar-refractivity contribution in [3.8, 4) is 5.75 Å². The van der Waals surface area contributed by atoms with Crippen molar-refractivity contribution in [2.75, 3.05) is 11.9 Å². The molecule has 0 aromatic heterocycles. The van der Waals surface area contributed by atoms with Gasteiger partial charge in [-0.3, -0.25) is 4.79 Å². The van der Waals surface area contributed by atoms with Gasteiger partial charge >= 0.3 is 0 Å². The second-order valence-electron chi connectivity index (χ2n) is 4.89. The standard InChI is InChI=1S/C17H17BrFNO2/c1-12-5-2-3-6-16(12)22-10-4-7-17(21)20-15-9-8-13(18)11-14(15)19/h2-3,5-6,8-9,11H,4,7,10H2,1H3,(H,20,21). The number of benzene rings is 2. The number of nitrogens with one attached hydrogen (secondary N) is 1. The number of aryl methyl sites for hydroxylation is 1. The quantitative estimate of drug-likeness (QED) is 0.753. The lowest BCUT2D eigenvalue weighted by Gasteiger charge is -2.09. The molecule has 0 aliphatic heterocycles. The van der Waals surface area contributed by atoms with Crippen molar-refractivity contribution >= 4 is 27.5 Å². The first-order valence-electron chi connectivity index (χ1n) is 6.99. The summed E-state index contributed by atoms with van der Waals surface area (Å²) < 4.78 is 19.8. The second kappa shape index (κ2) is 7.94. The number of anilines is 1. The van der Waals surface area contributed by atoms with Gasteiger partial charge in [0, 0.05) is 10.9 Å². The highest BCUT2D eigenvalue weighted by Crippen LogP contribution is 2.20. The Balaban J connectivity index is 1.75. The molecule has 0 aliphatic carbocycles. The third-order valence-electron chi connectivity index (χ3n) is 3.10. The van der Waals surface area contributed by atoms with Crippen molar-refractivity contribution in [3.05, 3.63) is 58.3 Å². The lowest BCUT2D eigenvalue weighted by Crippen LogP contribution is -2.13. The number of halogens is 2. The zero-order valence-electron chi connectivity index (χ0n) is 12.2. The lowest BCUT2D eigenvalue weighted by atomic mass is 10.2. The van der Waals surface area contributed by atoms with Crippen LogP contribution in [0.25, 0.3) is 0 Å². The van der Waals surface area contributed by atoms with E-state index in [1.54, 1.807) is 6.07 Å². The number of carbonyl (C=O) groups excluding carboxylic acids is 1. The molecule has 0 fully saturated rings. The molecule has 0 heterocycles. The fourth-order valence-corrected chi connectivity index (χ4v) is 2.27. The summed E-state index contributed by atoms with van der Waals surface area (Å²) in [6.45, 7) is 2.42. The van der Waals surface area contributed by atoms with Gasteiger partial charge in [0.2, 0.25) is 5.91 Å². The molecular weight excluding hydrogens is 349 g/mol. The summed E-state index contributed by atoms with van der Waals surface area (Å²) in [5.74, 6) is 0.135. The fourth-order valence-electron chi connectivity index (χ4n) is 1.94. The Labute approximate surface area is 137 Å². The predicted molar refractivity (Wildman–Crippen MR) is 88.6 cm³/mol. The number of hydrogen-bond donors (Lipinski definition) is 1. The second-order valence-corrected chi connectivity index (χ2v) is 5.81. The van der Waals surface area contributed by atoms with E-state index >= 15 is 0 Å². The van der Waals surface area contributed by atoms with Gasteiger partial charge in [-0.1, -0.05) is 34.1 Å².